The second-order valence-electron chi connectivity index (χ2n) is 4.49. The number of likely N-dealkylation sites (tertiary alicyclic amines) is 1. The highest BCUT2D eigenvalue weighted by atomic mass is 35.5. The van der Waals surface area contributed by atoms with E-state index in [-0.39, 0.29) is 0 Å². The van der Waals surface area contributed by atoms with E-state index in [4.69, 9.17) is 11.6 Å². The summed E-state index contributed by atoms with van der Waals surface area (Å²) in [6, 6.07) is 8.81. The highest BCUT2D eigenvalue weighted by Crippen LogP contribution is 2.16. The van der Waals surface area contributed by atoms with Crippen LogP contribution in [-0.2, 0) is 6.54 Å². The summed E-state index contributed by atoms with van der Waals surface area (Å²) in [5, 5.41) is 4.20. The van der Waals surface area contributed by atoms with Crippen molar-refractivity contribution in [3.05, 3.63) is 34.9 Å². The number of benzene rings is 1. The van der Waals surface area contributed by atoms with Crippen LogP contribution in [0.25, 0.3) is 0 Å². The zero-order valence-electron chi connectivity index (χ0n) is 9.75. The molecule has 16 heavy (non-hydrogen) atoms. The molecule has 1 N–H and O–H groups in total. The van der Waals surface area contributed by atoms with Crippen molar-refractivity contribution in [1.29, 1.82) is 0 Å². The first-order chi connectivity index (χ1) is 7.78. The molecule has 1 aliphatic rings. The topological polar surface area (TPSA) is 15.3 Å². The minimum atomic E-state index is 0.646. The average molecular weight is 239 g/mol. The smallest absolute Gasteiger partial charge is 0.0409 e. The van der Waals surface area contributed by atoms with Crippen LogP contribution in [-0.4, -0.2) is 31.1 Å². The van der Waals surface area contributed by atoms with Gasteiger partial charge in [-0.3, -0.25) is 4.90 Å². The molecule has 1 fully saturated rings. The van der Waals surface area contributed by atoms with Crippen LogP contribution in [0.1, 0.15) is 18.4 Å². The molecular formula is C13H19ClN2. The highest BCUT2D eigenvalue weighted by Gasteiger charge is 2.18. The first-order valence-electron chi connectivity index (χ1n) is 5.92. The molecule has 0 radical (unpaired) electrons. The molecule has 2 nitrogen and oxygen atoms in total. The van der Waals surface area contributed by atoms with Gasteiger partial charge in [0.1, 0.15) is 0 Å². The fraction of sp³-hybridized carbons (Fsp3) is 0.538. The lowest BCUT2D eigenvalue weighted by Gasteiger charge is -2.32. The minimum Gasteiger partial charge on any atom is -0.316 e. The van der Waals surface area contributed by atoms with Gasteiger partial charge in [0.15, 0.2) is 0 Å². The van der Waals surface area contributed by atoms with Crippen LogP contribution in [0.3, 0.4) is 0 Å². The summed E-state index contributed by atoms with van der Waals surface area (Å²) < 4.78 is 0. The van der Waals surface area contributed by atoms with Crippen molar-refractivity contribution in [2.45, 2.75) is 25.4 Å². The van der Waals surface area contributed by atoms with Crippen molar-refractivity contribution in [2.75, 3.05) is 20.1 Å². The van der Waals surface area contributed by atoms with E-state index in [0.29, 0.717) is 6.04 Å². The normalized spacial score (nSPS) is 22.2. The average Bonchev–Trinajstić information content (AvgIpc) is 2.29. The molecule has 1 aromatic carbocycles. The van der Waals surface area contributed by atoms with E-state index in [0.717, 1.165) is 18.1 Å². The summed E-state index contributed by atoms with van der Waals surface area (Å²) >= 11 is 5.99. The minimum absolute atomic E-state index is 0.646. The van der Waals surface area contributed by atoms with Gasteiger partial charge in [-0.25, -0.2) is 0 Å². The SMILES string of the molecule is CNC1CCCN(Cc2cccc(Cl)c2)C1. The van der Waals surface area contributed by atoms with Crippen LogP contribution in [0.4, 0.5) is 0 Å². The van der Waals surface area contributed by atoms with Crippen LogP contribution >= 0.6 is 11.6 Å². The molecule has 0 bridgehead atoms. The predicted molar refractivity (Wildman–Crippen MR) is 68.8 cm³/mol. The highest BCUT2D eigenvalue weighted by molar-refractivity contribution is 6.30. The largest absolute Gasteiger partial charge is 0.316 e. The van der Waals surface area contributed by atoms with Crippen LogP contribution in [0.5, 0.6) is 0 Å². The van der Waals surface area contributed by atoms with Crippen LogP contribution in [0.15, 0.2) is 24.3 Å². The number of hydrogen-bond donors (Lipinski definition) is 1. The number of rotatable bonds is 3. The Morgan fingerprint density at radius 1 is 1.50 bits per heavy atom. The second kappa shape index (κ2) is 5.67. The Kier molecular flexibility index (Phi) is 4.22. The standard InChI is InChI=1S/C13H19ClN2/c1-15-13-6-3-7-16(10-13)9-11-4-2-5-12(14)8-11/h2,4-5,8,13,15H,3,6-7,9-10H2,1H3. The Labute approximate surface area is 103 Å². The van der Waals surface area contributed by atoms with E-state index in [1.165, 1.54) is 24.9 Å². The lowest BCUT2D eigenvalue weighted by atomic mass is 10.1. The van der Waals surface area contributed by atoms with Gasteiger partial charge in [-0.2, -0.15) is 0 Å². The van der Waals surface area contributed by atoms with E-state index < -0.39 is 0 Å². The summed E-state index contributed by atoms with van der Waals surface area (Å²) in [7, 11) is 2.05. The van der Waals surface area contributed by atoms with Gasteiger partial charge in [-0.1, -0.05) is 23.7 Å². The maximum absolute atomic E-state index is 5.99. The molecule has 0 saturated carbocycles. The Bertz CT molecular complexity index is 340. The Morgan fingerprint density at radius 2 is 2.38 bits per heavy atom. The zero-order valence-corrected chi connectivity index (χ0v) is 10.5. The summed E-state index contributed by atoms with van der Waals surface area (Å²) in [5.41, 5.74) is 1.31. The molecule has 1 aromatic rings. The molecule has 0 aliphatic carbocycles. The first-order valence-corrected chi connectivity index (χ1v) is 6.30. The predicted octanol–water partition coefficient (Wildman–Crippen LogP) is 2.52. The molecule has 88 valence electrons. The van der Waals surface area contributed by atoms with Gasteiger partial charge in [0, 0.05) is 24.2 Å². The van der Waals surface area contributed by atoms with Gasteiger partial charge in [0.25, 0.3) is 0 Å². The zero-order chi connectivity index (χ0) is 11.4. The molecule has 0 amide bonds. The Hall–Kier alpha value is -0.570. The fourth-order valence-corrected chi connectivity index (χ4v) is 2.54. The third-order valence-corrected chi connectivity index (χ3v) is 3.44. The molecular weight excluding hydrogens is 220 g/mol. The fourth-order valence-electron chi connectivity index (χ4n) is 2.33. The molecule has 1 saturated heterocycles. The van der Waals surface area contributed by atoms with Crippen molar-refractivity contribution >= 4 is 11.6 Å². The maximum Gasteiger partial charge on any atom is 0.0409 e. The third-order valence-electron chi connectivity index (χ3n) is 3.21. The number of likely N-dealkylation sites (N-methyl/N-ethyl adjacent to an activating group) is 1. The maximum atomic E-state index is 5.99. The third kappa shape index (κ3) is 3.21. The van der Waals surface area contributed by atoms with E-state index in [1.807, 2.05) is 19.2 Å². The number of piperidine rings is 1. The monoisotopic (exact) mass is 238 g/mol. The van der Waals surface area contributed by atoms with Gasteiger partial charge in [-0.15, -0.1) is 0 Å². The number of hydrogen-bond acceptors (Lipinski definition) is 2. The van der Waals surface area contributed by atoms with Crippen LogP contribution in [0.2, 0.25) is 5.02 Å². The molecule has 1 aliphatic heterocycles. The van der Waals surface area contributed by atoms with Crippen LogP contribution < -0.4 is 5.32 Å². The van der Waals surface area contributed by atoms with E-state index in [1.54, 1.807) is 0 Å². The van der Waals surface area contributed by atoms with Gasteiger partial charge in [0.05, 0.1) is 0 Å². The summed E-state index contributed by atoms with van der Waals surface area (Å²) in [4.78, 5) is 2.50. The van der Waals surface area contributed by atoms with E-state index >= 15 is 0 Å². The lowest BCUT2D eigenvalue weighted by molar-refractivity contribution is 0.188. The van der Waals surface area contributed by atoms with E-state index in [9.17, 15) is 0 Å². The number of halogens is 1. The lowest BCUT2D eigenvalue weighted by Crippen LogP contribution is -2.43. The Morgan fingerprint density at radius 3 is 3.12 bits per heavy atom. The number of nitrogens with one attached hydrogen (secondary N) is 1. The summed E-state index contributed by atoms with van der Waals surface area (Å²) in [5.74, 6) is 0. The van der Waals surface area contributed by atoms with Crippen molar-refractivity contribution < 1.29 is 0 Å². The molecule has 0 spiro atoms. The van der Waals surface area contributed by atoms with Gasteiger partial charge in [0.2, 0.25) is 0 Å². The Balaban J connectivity index is 1.94. The van der Waals surface area contributed by atoms with Crippen molar-refractivity contribution in [3.8, 4) is 0 Å². The molecule has 0 aromatic heterocycles. The van der Waals surface area contributed by atoms with Crippen molar-refractivity contribution in [1.82, 2.24) is 10.2 Å². The van der Waals surface area contributed by atoms with Crippen molar-refractivity contribution in [2.24, 2.45) is 0 Å². The number of nitrogens with zero attached hydrogens (tertiary/aromatic N) is 1. The van der Waals surface area contributed by atoms with E-state index in [2.05, 4.69) is 22.3 Å². The quantitative estimate of drug-likeness (QED) is 0.871. The van der Waals surface area contributed by atoms with Gasteiger partial charge in [-0.05, 0) is 44.1 Å². The molecule has 3 heteroatoms. The molecule has 1 atom stereocenters. The molecule has 2 rings (SSSR count). The first kappa shape index (κ1) is 11.9. The molecule has 1 heterocycles. The van der Waals surface area contributed by atoms with Gasteiger partial charge >= 0.3 is 0 Å². The second-order valence-corrected chi connectivity index (χ2v) is 4.93. The summed E-state index contributed by atoms with van der Waals surface area (Å²) in [6.07, 6.45) is 2.58. The van der Waals surface area contributed by atoms with Crippen LogP contribution in [0, 0.1) is 0 Å². The molecule has 1 unspecified atom stereocenters. The van der Waals surface area contributed by atoms with Gasteiger partial charge < -0.3 is 5.32 Å². The van der Waals surface area contributed by atoms with Crippen molar-refractivity contribution in [3.63, 3.8) is 0 Å². The summed E-state index contributed by atoms with van der Waals surface area (Å²) in [6.45, 7) is 3.35.